The Balaban J connectivity index is 2.13. The van der Waals surface area contributed by atoms with Crippen molar-refractivity contribution in [3.63, 3.8) is 0 Å². The summed E-state index contributed by atoms with van der Waals surface area (Å²) in [5.41, 5.74) is 2.94. The fourth-order valence-electron chi connectivity index (χ4n) is 2.16. The molecule has 72 valence electrons. The van der Waals surface area contributed by atoms with Gasteiger partial charge in [0.15, 0.2) is 0 Å². The maximum Gasteiger partial charge on any atom is 0.0254 e. The first-order chi connectivity index (χ1) is 6.31. The van der Waals surface area contributed by atoms with Crippen LogP contribution < -0.4 is 0 Å². The van der Waals surface area contributed by atoms with Gasteiger partial charge in [-0.3, -0.25) is 4.90 Å². The Morgan fingerprint density at radius 1 is 1.62 bits per heavy atom. The monoisotopic (exact) mass is 178 g/mol. The molecule has 2 rings (SSSR count). The predicted octanol–water partition coefficient (Wildman–Crippen LogP) is 2.17. The standard InChI is InChI=1S/C11H18N2/c1-3-6-13-8-10-4-5-12-11(10)7-9(13)2/h4-5,9,12H,3,6-8H2,1-2H3/t9-/m0/s1. The SMILES string of the molecule is CCCN1Cc2cc[nH]c2C[C@@H]1C. The van der Waals surface area contributed by atoms with Gasteiger partial charge in [0.2, 0.25) is 0 Å². The van der Waals surface area contributed by atoms with Crippen LogP contribution in [0.1, 0.15) is 31.5 Å². The summed E-state index contributed by atoms with van der Waals surface area (Å²) in [6.07, 6.45) is 4.50. The Bertz CT molecular complexity index is 277. The summed E-state index contributed by atoms with van der Waals surface area (Å²) in [6, 6.07) is 2.91. The van der Waals surface area contributed by atoms with E-state index in [1.165, 1.54) is 30.6 Å². The van der Waals surface area contributed by atoms with Gasteiger partial charge < -0.3 is 4.98 Å². The smallest absolute Gasteiger partial charge is 0.0254 e. The summed E-state index contributed by atoms with van der Waals surface area (Å²) >= 11 is 0. The fraction of sp³-hybridized carbons (Fsp3) is 0.636. The highest BCUT2D eigenvalue weighted by molar-refractivity contribution is 5.23. The van der Waals surface area contributed by atoms with Gasteiger partial charge in [-0.25, -0.2) is 0 Å². The third kappa shape index (κ3) is 1.63. The molecule has 2 nitrogen and oxygen atoms in total. The lowest BCUT2D eigenvalue weighted by molar-refractivity contribution is 0.184. The van der Waals surface area contributed by atoms with E-state index in [1.54, 1.807) is 0 Å². The van der Waals surface area contributed by atoms with Crippen LogP contribution in [0.2, 0.25) is 0 Å². The highest BCUT2D eigenvalue weighted by atomic mass is 15.2. The van der Waals surface area contributed by atoms with Crippen molar-refractivity contribution in [1.29, 1.82) is 0 Å². The third-order valence-electron chi connectivity index (χ3n) is 2.94. The lowest BCUT2D eigenvalue weighted by atomic mass is 10.0. The maximum atomic E-state index is 3.32. The quantitative estimate of drug-likeness (QED) is 0.735. The fourth-order valence-corrected chi connectivity index (χ4v) is 2.16. The van der Waals surface area contributed by atoms with Crippen molar-refractivity contribution in [1.82, 2.24) is 9.88 Å². The maximum absolute atomic E-state index is 3.32. The lowest BCUT2D eigenvalue weighted by Crippen LogP contribution is -2.38. The molecule has 2 heterocycles. The molecule has 0 radical (unpaired) electrons. The Morgan fingerprint density at radius 3 is 3.23 bits per heavy atom. The average molecular weight is 178 g/mol. The number of aromatic nitrogens is 1. The van der Waals surface area contributed by atoms with Crippen molar-refractivity contribution in [2.45, 2.75) is 39.3 Å². The molecule has 1 aromatic rings. The van der Waals surface area contributed by atoms with Crippen molar-refractivity contribution < 1.29 is 0 Å². The molecule has 1 aromatic heterocycles. The van der Waals surface area contributed by atoms with Crippen LogP contribution in [0, 0.1) is 0 Å². The molecular formula is C11H18N2. The molecule has 1 aliphatic heterocycles. The second-order valence-corrected chi connectivity index (χ2v) is 4.01. The molecule has 0 aromatic carbocycles. The first-order valence-electron chi connectivity index (χ1n) is 5.20. The number of hydrogen-bond acceptors (Lipinski definition) is 1. The molecule has 13 heavy (non-hydrogen) atoms. The van der Waals surface area contributed by atoms with Crippen LogP contribution in [0.25, 0.3) is 0 Å². The second-order valence-electron chi connectivity index (χ2n) is 4.01. The summed E-state index contributed by atoms with van der Waals surface area (Å²) in [6.45, 7) is 6.93. The van der Waals surface area contributed by atoms with E-state index >= 15 is 0 Å². The molecule has 0 fully saturated rings. The Labute approximate surface area is 79.9 Å². The second kappa shape index (κ2) is 3.54. The van der Waals surface area contributed by atoms with E-state index in [-0.39, 0.29) is 0 Å². The number of nitrogens with one attached hydrogen (secondary N) is 1. The van der Waals surface area contributed by atoms with E-state index in [2.05, 4.69) is 36.0 Å². The third-order valence-corrected chi connectivity index (χ3v) is 2.94. The molecule has 0 amide bonds. The van der Waals surface area contributed by atoms with Gasteiger partial charge in [0.05, 0.1) is 0 Å². The Kier molecular flexibility index (Phi) is 2.40. The van der Waals surface area contributed by atoms with Gasteiger partial charge in [-0.05, 0) is 31.5 Å². The zero-order chi connectivity index (χ0) is 9.26. The molecule has 0 spiro atoms. The first-order valence-corrected chi connectivity index (χ1v) is 5.20. The van der Waals surface area contributed by atoms with Gasteiger partial charge in [0.1, 0.15) is 0 Å². The van der Waals surface area contributed by atoms with Crippen LogP contribution >= 0.6 is 0 Å². The average Bonchev–Trinajstić information content (AvgIpc) is 2.52. The van der Waals surface area contributed by atoms with Crippen LogP contribution in [-0.4, -0.2) is 22.5 Å². The lowest BCUT2D eigenvalue weighted by Gasteiger charge is -2.33. The zero-order valence-corrected chi connectivity index (χ0v) is 8.51. The van der Waals surface area contributed by atoms with Crippen molar-refractivity contribution in [3.8, 4) is 0 Å². The summed E-state index contributed by atoms with van der Waals surface area (Å²) in [5, 5.41) is 0. The van der Waals surface area contributed by atoms with Crippen molar-refractivity contribution in [2.75, 3.05) is 6.54 Å². The number of aromatic amines is 1. The molecule has 0 saturated heterocycles. The van der Waals surface area contributed by atoms with E-state index in [1.807, 2.05) is 0 Å². The molecule has 1 aliphatic rings. The predicted molar refractivity (Wildman–Crippen MR) is 54.7 cm³/mol. The van der Waals surface area contributed by atoms with Gasteiger partial charge in [-0.1, -0.05) is 6.92 Å². The van der Waals surface area contributed by atoms with E-state index in [9.17, 15) is 0 Å². The first kappa shape index (κ1) is 8.82. The Hall–Kier alpha value is -0.760. The van der Waals surface area contributed by atoms with Gasteiger partial charge in [-0.2, -0.15) is 0 Å². The van der Waals surface area contributed by atoms with E-state index in [0.29, 0.717) is 6.04 Å². The number of H-pyrrole nitrogens is 1. The van der Waals surface area contributed by atoms with Crippen LogP contribution in [0.4, 0.5) is 0 Å². The van der Waals surface area contributed by atoms with Gasteiger partial charge >= 0.3 is 0 Å². The molecule has 0 bridgehead atoms. The summed E-state index contributed by atoms with van der Waals surface area (Å²) in [4.78, 5) is 5.89. The van der Waals surface area contributed by atoms with E-state index in [4.69, 9.17) is 0 Å². The molecule has 1 atom stereocenters. The highest BCUT2D eigenvalue weighted by Crippen LogP contribution is 2.21. The number of hydrogen-bond donors (Lipinski definition) is 1. The zero-order valence-electron chi connectivity index (χ0n) is 8.51. The normalized spacial score (nSPS) is 23.1. The highest BCUT2D eigenvalue weighted by Gasteiger charge is 2.22. The minimum Gasteiger partial charge on any atom is -0.365 e. The Morgan fingerprint density at radius 2 is 2.46 bits per heavy atom. The van der Waals surface area contributed by atoms with Crippen molar-refractivity contribution >= 4 is 0 Å². The molecule has 0 unspecified atom stereocenters. The molecule has 0 saturated carbocycles. The summed E-state index contributed by atoms with van der Waals surface area (Å²) in [7, 11) is 0. The molecular weight excluding hydrogens is 160 g/mol. The minimum absolute atomic E-state index is 0.700. The van der Waals surface area contributed by atoms with E-state index in [0.717, 1.165) is 6.54 Å². The van der Waals surface area contributed by atoms with Crippen molar-refractivity contribution in [2.24, 2.45) is 0 Å². The van der Waals surface area contributed by atoms with Crippen LogP contribution in [0.3, 0.4) is 0 Å². The van der Waals surface area contributed by atoms with E-state index < -0.39 is 0 Å². The van der Waals surface area contributed by atoms with Crippen LogP contribution in [-0.2, 0) is 13.0 Å². The summed E-state index contributed by atoms with van der Waals surface area (Å²) < 4.78 is 0. The molecule has 0 aliphatic carbocycles. The largest absolute Gasteiger partial charge is 0.365 e. The number of rotatable bonds is 2. The number of fused-ring (bicyclic) bond motifs is 1. The minimum atomic E-state index is 0.700. The van der Waals surface area contributed by atoms with Gasteiger partial charge in [-0.15, -0.1) is 0 Å². The summed E-state index contributed by atoms with van der Waals surface area (Å²) in [5.74, 6) is 0. The van der Waals surface area contributed by atoms with Crippen LogP contribution in [0.15, 0.2) is 12.3 Å². The number of nitrogens with zero attached hydrogens (tertiary/aromatic N) is 1. The molecule has 1 N–H and O–H groups in total. The van der Waals surface area contributed by atoms with Gasteiger partial charge in [0, 0.05) is 30.9 Å². The van der Waals surface area contributed by atoms with Crippen LogP contribution in [0.5, 0.6) is 0 Å². The topological polar surface area (TPSA) is 19.0 Å². The van der Waals surface area contributed by atoms with Crippen molar-refractivity contribution in [3.05, 3.63) is 23.5 Å². The molecule has 2 heteroatoms. The van der Waals surface area contributed by atoms with Gasteiger partial charge in [0.25, 0.3) is 0 Å².